The normalized spacial score (nSPS) is 13.4. The molecule has 1 atom stereocenters. The van der Waals surface area contributed by atoms with E-state index in [9.17, 15) is 9.50 Å². The van der Waals surface area contributed by atoms with Gasteiger partial charge in [-0.25, -0.2) is 4.39 Å². The zero-order chi connectivity index (χ0) is 10.1. The van der Waals surface area contributed by atoms with Crippen molar-refractivity contribution in [3.63, 3.8) is 0 Å². The molecule has 0 amide bonds. The van der Waals surface area contributed by atoms with Gasteiger partial charge < -0.3 is 5.11 Å². The van der Waals surface area contributed by atoms with Crippen molar-refractivity contribution in [3.05, 3.63) is 35.0 Å². The summed E-state index contributed by atoms with van der Waals surface area (Å²) in [4.78, 5) is 0. The van der Waals surface area contributed by atoms with Gasteiger partial charge >= 0.3 is 0 Å². The summed E-state index contributed by atoms with van der Waals surface area (Å²) in [6, 6.07) is 4.77. The predicted molar refractivity (Wildman–Crippen MR) is 57.2 cm³/mol. The molecule has 3 heteroatoms. The highest BCUT2D eigenvalue weighted by molar-refractivity contribution is 7.17. The van der Waals surface area contributed by atoms with Gasteiger partial charge in [-0.05, 0) is 41.8 Å². The molecular formula is C11H11FOS. The minimum absolute atomic E-state index is 0.206. The smallest absolute Gasteiger partial charge is 0.124 e. The molecule has 1 aromatic carbocycles. The van der Waals surface area contributed by atoms with Crippen molar-refractivity contribution in [1.82, 2.24) is 0 Å². The van der Waals surface area contributed by atoms with Gasteiger partial charge in [0.1, 0.15) is 5.82 Å². The number of hydrogen-bond acceptors (Lipinski definition) is 2. The van der Waals surface area contributed by atoms with Crippen LogP contribution in [0.2, 0.25) is 0 Å². The van der Waals surface area contributed by atoms with Crippen LogP contribution in [0.15, 0.2) is 23.6 Å². The minimum Gasteiger partial charge on any atom is -0.393 e. The standard InChI is InChI=1S/C11H11FOS/c1-7(13)4-8-6-14-11-5-9(12)2-3-10(8)11/h2-3,5-7,13H,4H2,1H3. The lowest BCUT2D eigenvalue weighted by atomic mass is 10.1. The van der Waals surface area contributed by atoms with Crippen molar-refractivity contribution in [2.75, 3.05) is 0 Å². The molecule has 0 saturated heterocycles. The van der Waals surface area contributed by atoms with E-state index in [-0.39, 0.29) is 11.9 Å². The summed E-state index contributed by atoms with van der Waals surface area (Å²) in [7, 11) is 0. The van der Waals surface area contributed by atoms with Gasteiger partial charge in [0.05, 0.1) is 6.10 Å². The van der Waals surface area contributed by atoms with E-state index in [1.165, 1.54) is 23.5 Å². The number of thiophene rings is 1. The Morgan fingerprint density at radius 3 is 3.00 bits per heavy atom. The average molecular weight is 210 g/mol. The van der Waals surface area contributed by atoms with Crippen LogP contribution >= 0.6 is 11.3 Å². The number of fused-ring (bicyclic) bond motifs is 1. The van der Waals surface area contributed by atoms with Gasteiger partial charge in [-0.2, -0.15) is 0 Å². The highest BCUT2D eigenvalue weighted by Crippen LogP contribution is 2.27. The van der Waals surface area contributed by atoms with Crippen LogP contribution in [0.25, 0.3) is 10.1 Å². The van der Waals surface area contributed by atoms with Gasteiger partial charge in [-0.15, -0.1) is 11.3 Å². The molecule has 0 spiro atoms. The summed E-state index contributed by atoms with van der Waals surface area (Å²) in [5.41, 5.74) is 1.10. The second-order valence-electron chi connectivity index (χ2n) is 3.45. The Balaban J connectivity index is 2.47. The largest absolute Gasteiger partial charge is 0.393 e. The Hall–Kier alpha value is -0.930. The van der Waals surface area contributed by atoms with Crippen LogP contribution in [0, 0.1) is 5.82 Å². The summed E-state index contributed by atoms with van der Waals surface area (Å²) in [5.74, 6) is -0.206. The number of benzene rings is 1. The molecule has 0 saturated carbocycles. The summed E-state index contributed by atoms with van der Waals surface area (Å²) in [6.45, 7) is 1.76. The molecule has 0 radical (unpaired) electrons. The molecule has 1 heterocycles. The number of hydrogen-bond donors (Lipinski definition) is 1. The first kappa shape index (κ1) is 9.62. The molecule has 0 bridgehead atoms. The topological polar surface area (TPSA) is 20.2 Å². The lowest BCUT2D eigenvalue weighted by molar-refractivity contribution is 0.196. The monoisotopic (exact) mass is 210 g/mol. The third-order valence-corrected chi connectivity index (χ3v) is 3.13. The van der Waals surface area contributed by atoms with Gasteiger partial charge in [-0.1, -0.05) is 6.07 Å². The highest BCUT2D eigenvalue weighted by Gasteiger charge is 2.06. The highest BCUT2D eigenvalue weighted by atomic mass is 32.1. The Morgan fingerprint density at radius 1 is 1.50 bits per heavy atom. The molecule has 1 aromatic heterocycles. The van der Waals surface area contributed by atoms with E-state index in [0.29, 0.717) is 6.42 Å². The second kappa shape index (κ2) is 3.67. The van der Waals surface area contributed by atoms with Gasteiger partial charge in [-0.3, -0.25) is 0 Å². The SMILES string of the molecule is CC(O)Cc1csc2cc(F)ccc12. The third kappa shape index (κ3) is 1.79. The number of rotatable bonds is 2. The predicted octanol–water partition coefficient (Wildman–Crippen LogP) is 2.96. The summed E-state index contributed by atoms with van der Waals surface area (Å²) >= 11 is 1.52. The third-order valence-electron chi connectivity index (χ3n) is 2.13. The van der Waals surface area contributed by atoms with Crippen LogP contribution in [0.5, 0.6) is 0 Å². The van der Waals surface area contributed by atoms with E-state index in [0.717, 1.165) is 15.6 Å². The van der Waals surface area contributed by atoms with Gasteiger partial charge in [0.25, 0.3) is 0 Å². The number of aliphatic hydroxyl groups is 1. The number of aliphatic hydroxyl groups excluding tert-OH is 1. The lowest BCUT2D eigenvalue weighted by Gasteiger charge is -2.01. The van der Waals surface area contributed by atoms with Gasteiger partial charge in [0.2, 0.25) is 0 Å². The summed E-state index contributed by atoms with van der Waals surface area (Å²) in [6.07, 6.45) is 0.281. The average Bonchev–Trinajstić information content (AvgIpc) is 2.47. The van der Waals surface area contributed by atoms with Crippen molar-refractivity contribution < 1.29 is 9.50 Å². The van der Waals surface area contributed by atoms with Crippen LogP contribution in [0.3, 0.4) is 0 Å². The fourth-order valence-corrected chi connectivity index (χ4v) is 2.53. The quantitative estimate of drug-likeness (QED) is 0.808. The zero-order valence-corrected chi connectivity index (χ0v) is 8.64. The van der Waals surface area contributed by atoms with E-state index < -0.39 is 0 Å². The van der Waals surface area contributed by atoms with Crippen LogP contribution in [0.1, 0.15) is 12.5 Å². The van der Waals surface area contributed by atoms with Crippen molar-refractivity contribution in [1.29, 1.82) is 0 Å². The fourth-order valence-electron chi connectivity index (χ4n) is 1.53. The van der Waals surface area contributed by atoms with Crippen molar-refractivity contribution in [2.24, 2.45) is 0 Å². The Bertz CT molecular complexity index is 447. The first-order valence-electron chi connectivity index (χ1n) is 4.50. The van der Waals surface area contributed by atoms with E-state index in [4.69, 9.17) is 0 Å². The van der Waals surface area contributed by atoms with Crippen molar-refractivity contribution >= 4 is 21.4 Å². The van der Waals surface area contributed by atoms with Crippen LogP contribution in [-0.2, 0) is 6.42 Å². The first-order chi connectivity index (χ1) is 6.66. The van der Waals surface area contributed by atoms with Gasteiger partial charge in [0, 0.05) is 4.70 Å². The summed E-state index contributed by atoms with van der Waals surface area (Å²) in [5, 5.41) is 12.3. The maximum absolute atomic E-state index is 12.9. The van der Waals surface area contributed by atoms with E-state index in [1.807, 2.05) is 5.38 Å². The molecule has 0 fully saturated rings. The molecule has 74 valence electrons. The van der Waals surface area contributed by atoms with Gasteiger partial charge in [0.15, 0.2) is 0 Å². The summed E-state index contributed by atoms with van der Waals surface area (Å²) < 4.78 is 13.8. The van der Waals surface area contributed by atoms with Crippen LogP contribution < -0.4 is 0 Å². The zero-order valence-electron chi connectivity index (χ0n) is 7.83. The second-order valence-corrected chi connectivity index (χ2v) is 4.37. The first-order valence-corrected chi connectivity index (χ1v) is 5.38. The van der Waals surface area contributed by atoms with Crippen molar-refractivity contribution in [3.8, 4) is 0 Å². The molecule has 0 aliphatic heterocycles. The van der Waals surface area contributed by atoms with Crippen LogP contribution in [-0.4, -0.2) is 11.2 Å². The Kier molecular flexibility index (Phi) is 2.52. The molecule has 0 aliphatic carbocycles. The van der Waals surface area contributed by atoms with Crippen molar-refractivity contribution in [2.45, 2.75) is 19.4 Å². The molecule has 1 nitrogen and oxygen atoms in total. The lowest BCUT2D eigenvalue weighted by Crippen LogP contribution is -2.03. The number of halogens is 1. The fraction of sp³-hybridized carbons (Fsp3) is 0.273. The molecular weight excluding hydrogens is 199 g/mol. The van der Waals surface area contributed by atoms with E-state index >= 15 is 0 Å². The minimum atomic E-state index is -0.349. The Labute approximate surface area is 85.8 Å². The maximum Gasteiger partial charge on any atom is 0.124 e. The van der Waals surface area contributed by atoms with Crippen LogP contribution in [0.4, 0.5) is 4.39 Å². The molecule has 0 aliphatic rings. The molecule has 1 unspecified atom stereocenters. The molecule has 1 N–H and O–H groups in total. The maximum atomic E-state index is 12.9. The Morgan fingerprint density at radius 2 is 2.29 bits per heavy atom. The molecule has 2 aromatic rings. The molecule has 2 rings (SSSR count). The van der Waals surface area contributed by atoms with E-state index in [2.05, 4.69) is 0 Å². The van der Waals surface area contributed by atoms with E-state index in [1.54, 1.807) is 13.0 Å². The molecule has 14 heavy (non-hydrogen) atoms.